The summed E-state index contributed by atoms with van der Waals surface area (Å²) < 4.78 is 5.40. The van der Waals surface area contributed by atoms with E-state index >= 15 is 0 Å². The zero-order valence-corrected chi connectivity index (χ0v) is 19.9. The third kappa shape index (κ3) is 5.13. The topological polar surface area (TPSA) is 75.9 Å². The molecule has 2 N–H and O–H groups in total. The number of carbonyl (C=O) groups is 2. The molecule has 0 bridgehead atoms. The quantitative estimate of drug-likeness (QED) is 0.567. The van der Waals surface area contributed by atoms with Crippen LogP contribution in [0.15, 0.2) is 72.8 Å². The van der Waals surface area contributed by atoms with Gasteiger partial charge in [0.05, 0.1) is 0 Å². The third-order valence-electron chi connectivity index (χ3n) is 6.29. The van der Waals surface area contributed by atoms with Gasteiger partial charge in [0.2, 0.25) is 5.91 Å². The van der Waals surface area contributed by atoms with Crippen molar-refractivity contribution in [1.82, 2.24) is 4.90 Å². The summed E-state index contributed by atoms with van der Waals surface area (Å²) >= 11 is 0. The van der Waals surface area contributed by atoms with Crippen LogP contribution < -0.4 is 10.6 Å². The Balaban J connectivity index is 1.43. The number of nitrogens with two attached hydrogens (primary N) is 1. The van der Waals surface area contributed by atoms with E-state index in [1.54, 1.807) is 18.9 Å². The molecule has 6 nitrogen and oxygen atoms in total. The maximum atomic E-state index is 12.3. The van der Waals surface area contributed by atoms with Crippen molar-refractivity contribution in [1.29, 1.82) is 0 Å². The highest BCUT2D eigenvalue weighted by molar-refractivity contribution is 5.94. The van der Waals surface area contributed by atoms with Crippen LogP contribution in [0.5, 0.6) is 0 Å². The lowest BCUT2D eigenvalue weighted by Crippen LogP contribution is -2.43. The molecule has 2 amide bonds. The second-order valence-electron chi connectivity index (χ2n) is 8.95. The number of anilines is 1. The zero-order valence-electron chi connectivity index (χ0n) is 19.9. The van der Waals surface area contributed by atoms with Gasteiger partial charge in [0, 0.05) is 38.3 Å². The Hall–Kier alpha value is -3.64. The highest BCUT2D eigenvalue weighted by Crippen LogP contribution is 2.38. The van der Waals surface area contributed by atoms with Crippen LogP contribution in [0.3, 0.4) is 0 Å². The smallest absolute Gasteiger partial charge is 0.410 e. The lowest BCUT2D eigenvalue weighted by atomic mass is 9.89. The summed E-state index contributed by atoms with van der Waals surface area (Å²) in [4.78, 5) is 27.9. The van der Waals surface area contributed by atoms with Crippen molar-refractivity contribution in [2.45, 2.75) is 45.5 Å². The molecule has 3 aromatic rings. The van der Waals surface area contributed by atoms with Gasteiger partial charge in [-0.15, -0.1) is 0 Å². The SMILES string of the molecule is CC(=O)N1c2ccc(-c3ccc(CN(C)C(=O)OCc4ccccc4)cc3)cc2C(N)CC1C. The average Bonchev–Trinajstić information content (AvgIpc) is 2.83. The van der Waals surface area contributed by atoms with Crippen LogP contribution in [0.25, 0.3) is 11.1 Å². The van der Waals surface area contributed by atoms with E-state index in [2.05, 4.69) is 6.07 Å². The van der Waals surface area contributed by atoms with Gasteiger partial charge in [0.25, 0.3) is 0 Å². The Kier molecular flexibility index (Phi) is 6.98. The first-order valence-electron chi connectivity index (χ1n) is 11.5. The van der Waals surface area contributed by atoms with Crippen LogP contribution in [-0.4, -0.2) is 30.0 Å². The van der Waals surface area contributed by atoms with Gasteiger partial charge in [0.1, 0.15) is 6.61 Å². The maximum absolute atomic E-state index is 12.3. The van der Waals surface area contributed by atoms with Crippen LogP contribution in [0.1, 0.15) is 43.0 Å². The summed E-state index contributed by atoms with van der Waals surface area (Å²) in [5.74, 6) is 0.0316. The van der Waals surface area contributed by atoms with Gasteiger partial charge in [-0.1, -0.05) is 60.7 Å². The van der Waals surface area contributed by atoms with Crippen LogP contribution in [0.4, 0.5) is 10.5 Å². The standard InChI is InChI=1S/C28H31N3O3/c1-19-15-26(29)25-16-24(13-14-27(25)31(19)20(2)32)23-11-9-21(10-12-23)17-30(3)28(33)34-18-22-7-5-4-6-8-22/h4-14,16,19,26H,15,17-18,29H2,1-3H3. The van der Waals surface area contributed by atoms with Crippen LogP contribution in [-0.2, 0) is 22.7 Å². The molecule has 3 aromatic carbocycles. The molecule has 1 aliphatic heterocycles. The van der Waals surface area contributed by atoms with Crippen molar-refractivity contribution < 1.29 is 14.3 Å². The van der Waals surface area contributed by atoms with Crippen molar-refractivity contribution in [3.05, 3.63) is 89.5 Å². The van der Waals surface area contributed by atoms with Gasteiger partial charge >= 0.3 is 6.09 Å². The van der Waals surface area contributed by atoms with Gasteiger partial charge in [-0.05, 0) is 53.3 Å². The Morgan fingerprint density at radius 1 is 1.00 bits per heavy atom. The van der Waals surface area contributed by atoms with Gasteiger partial charge in [0.15, 0.2) is 0 Å². The lowest BCUT2D eigenvalue weighted by molar-refractivity contribution is -0.117. The summed E-state index contributed by atoms with van der Waals surface area (Å²) in [5.41, 5.74) is 12.4. The number of ether oxygens (including phenoxy) is 1. The molecular formula is C28H31N3O3. The van der Waals surface area contributed by atoms with Gasteiger partial charge in [-0.25, -0.2) is 4.79 Å². The minimum Gasteiger partial charge on any atom is -0.445 e. The predicted octanol–water partition coefficient (Wildman–Crippen LogP) is 5.27. The van der Waals surface area contributed by atoms with Crippen LogP contribution >= 0.6 is 0 Å². The van der Waals surface area contributed by atoms with E-state index < -0.39 is 0 Å². The Morgan fingerprint density at radius 2 is 1.68 bits per heavy atom. The van der Waals surface area contributed by atoms with Gasteiger partial charge < -0.3 is 20.3 Å². The second kappa shape index (κ2) is 10.1. The van der Waals surface area contributed by atoms with E-state index in [9.17, 15) is 9.59 Å². The number of carbonyl (C=O) groups excluding carboxylic acids is 2. The molecule has 0 saturated carbocycles. The van der Waals surface area contributed by atoms with Crippen LogP contribution in [0, 0.1) is 0 Å². The molecule has 2 atom stereocenters. The summed E-state index contributed by atoms with van der Waals surface area (Å²) in [6.45, 7) is 4.33. The highest BCUT2D eigenvalue weighted by atomic mass is 16.6. The number of hydrogen-bond acceptors (Lipinski definition) is 4. The first kappa shape index (κ1) is 23.5. The Morgan fingerprint density at radius 3 is 2.35 bits per heavy atom. The second-order valence-corrected chi connectivity index (χ2v) is 8.95. The summed E-state index contributed by atoms with van der Waals surface area (Å²) in [6, 6.07) is 23.8. The maximum Gasteiger partial charge on any atom is 0.410 e. The first-order valence-corrected chi connectivity index (χ1v) is 11.5. The molecule has 0 saturated heterocycles. The zero-order chi connectivity index (χ0) is 24.2. The Bertz CT molecular complexity index is 1160. The molecular weight excluding hydrogens is 426 g/mol. The van der Waals surface area contributed by atoms with E-state index in [0.29, 0.717) is 6.54 Å². The van der Waals surface area contributed by atoms with E-state index in [1.807, 2.05) is 78.6 Å². The largest absolute Gasteiger partial charge is 0.445 e. The molecule has 34 heavy (non-hydrogen) atoms. The molecule has 0 fully saturated rings. The molecule has 0 radical (unpaired) electrons. The molecule has 176 valence electrons. The van der Waals surface area contributed by atoms with E-state index in [-0.39, 0.29) is 30.7 Å². The van der Waals surface area contributed by atoms with Gasteiger partial charge in [-0.3, -0.25) is 4.79 Å². The first-order chi connectivity index (χ1) is 16.3. The van der Waals surface area contributed by atoms with Crippen LogP contribution in [0.2, 0.25) is 0 Å². The summed E-state index contributed by atoms with van der Waals surface area (Å²) in [6.07, 6.45) is 0.377. The van der Waals surface area contributed by atoms with E-state index in [4.69, 9.17) is 10.5 Å². The number of nitrogens with zero attached hydrogens (tertiary/aromatic N) is 2. The molecule has 0 aromatic heterocycles. The monoisotopic (exact) mass is 457 g/mol. The van der Waals surface area contributed by atoms with Crippen molar-refractivity contribution in [3.8, 4) is 11.1 Å². The summed E-state index contributed by atoms with van der Waals surface area (Å²) in [7, 11) is 1.73. The average molecular weight is 458 g/mol. The molecule has 0 aliphatic carbocycles. The van der Waals surface area contributed by atoms with E-state index in [1.165, 1.54) is 0 Å². The fourth-order valence-electron chi connectivity index (χ4n) is 4.54. The van der Waals surface area contributed by atoms with Crippen molar-refractivity contribution in [2.24, 2.45) is 5.73 Å². The van der Waals surface area contributed by atoms with Crippen molar-refractivity contribution in [2.75, 3.05) is 11.9 Å². The fourth-order valence-corrected chi connectivity index (χ4v) is 4.54. The minimum atomic E-state index is -0.360. The number of benzene rings is 3. The lowest BCUT2D eigenvalue weighted by Gasteiger charge is -2.38. The summed E-state index contributed by atoms with van der Waals surface area (Å²) in [5, 5.41) is 0. The molecule has 0 spiro atoms. The molecule has 4 rings (SSSR count). The molecule has 1 aliphatic rings. The van der Waals surface area contributed by atoms with E-state index in [0.717, 1.165) is 39.9 Å². The number of rotatable bonds is 5. The Labute approximate surface area is 200 Å². The fraction of sp³-hybridized carbons (Fsp3) is 0.286. The predicted molar refractivity (Wildman–Crippen MR) is 134 cm³/mol. The third-order valence-corrected chi connectivity index (χ3v) is 6.29. The molecule has 2 unspecified atom stereocenters. The van der Waals surface area contributed by atoms with Crippen molar-refractivity contribution in [3.63, 3.8) is 0 Å². The number of fused-ring (bicyclic) bond motifs is 1. The number of hydrogen-bond donors (Lipinski definition) is 1. The molecule has 1 heterocycles. The normalized spacial score (nSPS) is 17.1. The van der Waals surface area contributed by atoms with Gasteiger partial charge in [-0.2, -0.15) is 0 Å². The van der Waals surface area contributed by atoms with Crippen molar-refractivity contribution >= 4 is 17.7 Å². The highest BCUT2D eigenvalue weighted by Gasteiger charge is 2.30. The molecule has 6 heteroatoms. The minimum absolute atomic E-state index is 0.0316. The number of amides is 2.